The van der Waals surface area contributed by atoms with Crippen LogP contribution in [0.25, 0.3) is 0 Å². The fourth-order valence-electron chi connectivity index (χ4n) is 3.41. The molecule has 0 bridgehead atoms. The van der Waals surface area contributed by atoms with E-state index in [0.717, 1.165) is 6.42 Å². The molecule has 220 valence electrons. The summed E-state index contributed by atoms with van der Waals surface area (Å²) in [5.74, 6) is -2.68. The highest BCUT2D eigenvalue weighted by molar-refractivity contribution is 5.75. The van der Waals surface area contributed by atoms with Crippen molar-refractivity contribution in [2.24, 2.45) is 11.7 Å². The fraction of sp³-hybridized carbons (Fsp3) is 0.643. The van der Waals surface area contributed by atoms with Gasteiger partial charge in [-0.25, -0.2) is 9.59 Å². The van der Waals surface area contributed by atoms with Crippen molar-refractivity contribution in [1.82, 2.24) is 0 Å². The number of nitrogens with two attached hydrogens (primary N) is 1. The Morgan fingerprint density at radius 1 is 0.795 bits per heavy atom. The van der Waals surface area contributed by atoms with Crippen LogP contribution in [0.5, 0.6) is 11.5 Å². The molecule has 0 radical (unpaired) electrons. The number of aliphatic carboxylic acids is 1. The molecule has 0 fully saturated rings. The van der Waals surface area contributed by atoms with Gasteiger partial charge in [0.05, 0.1) is 6.10 Å². The third-order valence-corrected chi connectivity index (χ3v) is 6.38. The highest BCUT2D eigenvalue weighted by Gasteiger charge is 2.30. The molecule has 11 heteroatoms. The quantitative estimate of drug-likeness (QED) is 0.159. The van der Waals surface area contributed by atoms with Gasteiger partial charge in [0, 0.05) is 12.3 Å². The van der Waals surface area contributed by atoms with Crippen LogP contribution in [-0.2, 0) is 23.8 Å². The predicted octanol–water partition coefficient (Wildman–Crippen LogP) is 5.57. The lowest BCUT2D eigenvalue weighted by Gasteiger charge is -2.25. The Balaban J connectivity index is 3.32. The van der Waals surface area contributed by atoms with Gasteiger partial charge in [-0.2, -0.15) is 0 Å². The molecule has 1 aromatic carbocycles. The Bertz CT molecular complexity index is 966. The highest BCUT2D eigenvalue weighted by atomic mass is 16.7. The van der Waals surface area contributed by atoms with Crippen LogP contribution in [0.4, 0.5) is 9.59 Å². The first-order valence-electron chi connectivity index (χ1n) is 13.4. The number of hydrogen-bond donors (Lipinski definition) is 2. The van der Waals surface area contributed by atoms with Crippen LogP contribution in [0.2, 0.25) is 0 Å². The minimum atomic E-state index is -1.37. The number of esters is 1. The standard InChI is InChI=1S/C28H43NO10/c1-8-16(4)13-24(30)35-19(7)14-21(25(29)26(31)32)20-11-12-22(38-27(33)36-17(5)9-2)23(15-20)39-28(34)37-18(6)10-3/h11-12,15-19,21,25H,8-10,13-14,29H2,1-7H3,(H,31,32)/t16?,17?,18?,19?,21?,25-/m0/s1. The first-order valence-corrected chi connectivity index (χ1v) is 13.4. The van der Waals surface area contributed by atoms with Crippen LogP contribution in [0, 0.1) is 5.92 Å². The van der Waals surface area contributed by atoms with Gasteiger partial charge in [0.15, 0.2) is 11.5 Å². The maximum absolute atomic E-state index is 12.4. The lowest BCUT2D eigenvalue weighted by molar-refractivity contribution is -0.149. The summed E-state index contributed by atoms with van der Waals surface area (Å²) in [5.41, 5.74) is 6.38. The van der Waals surface area contributed by atoms with Gasteiger partial charge in [0.25, 0.3) is 0 Å². The van der Waals surface area contributed by atoms with E-state index < -0.39 is 48.6 Å². The number of carboxylic acids is 1. The van der Waals surface area contributed by atoms with Gasteiger partial charge >= 0.3 is 24.2 Å². The van der Waals surface area contributed by atoms with E-state index in [1.807, 2.05) is 27.7 Å². The molecule has 3 N–H and O–H groups in total. The summed E-state index contributed by atoms with van der Waals surface area (Å²) in [5, 5.41) is 9.66. The van der Waals surface area contributed by atoms with E-state index in [2.05, 4.69) is 0 Å². The van der Waals surface area contributed by atoms with Crippen LogP contribution in [0.3, 0.4) is 0 Å². The van der Waals surface area contributed by atoms with Gasteiger partial charge in [-0.05, 0) is 63.6 Å². The Hall–Kier alpha value is -3.34. The second-order valence-electron chi connectivity index (χ2n) is 9.81. The molecule has 0 saturated carbocycles. The molecule has 0 spiro atoms. The van der Waals surface area contributed by atoms with Crippen molar-refractivity contribution in [3.05, 3.63) is 23.8 Å². The minimum absolute atomic E-state index is 0.0761. The summed E-state index contributed by atoms with van der Waals surface area (Å²) in [6.07, 6.45) is -1.28. The van der Waals surface area contributed by atoms with Gasteiger partial charge in [0.1, 0.15) is 18.2 Å². The molecular weight excluding hydrogens is 510 g/mol. The van der Waals surface area contributed by atoms with Crippen molar-refractivity contribution >= 4 is 24.2 Å². The summed E-state index contributed by atoms with van der Waals surface area (Å²) in [4.78, 5) is 48.7. The number of rotatable bonds is 15. The molecule has 0 amide bonds. The lowest BCUT2D eigenvalue weighted by atomic mass is 9.87. The van der Waals surface area contributed by atoms with Crippen LogP contribution in [-0.4, -0.2) is 53.7 Å². The highest BCUT2D eigenvalue weighted by Crippen LogP contribution is 2.35. The number of hydrogen-bond acceptors (Lipinski definition) is 10. The monoisotopic (exact) mass is 553 g/mol. The zero-order valence-electron chi connectivity index (χ0n) is 23.9. The number of carboxylic acid groups (broad SMARTS) is 1. The second-order valence-corrected chi connectivity index (χ2v) is 9.81. The normalized spacial score (nSPS) is 15.6. The average molecular weight is 554 g/mol. The zero-order chi connectivity index (χ0) is 29.7. The van der Waals surface area contributed by atoms with Gasteiger partial charge < -0.3 is 34.5 Å². The average Bonchev–Trinajstić information content (AvgIpc) is 2.87. The lowest BCUT2D eigenvalue weighted by Crippen LogP contribution is -2.38. The summed E-state index contributed by atoms with van der Waals surface area (Å²) < 4.78 is 26.4. The van der Waals surface area contributed by atoms with E-state index >= 15 is 0 Å². The molecule has 11 nitrogen and oxygen atoms in total. The van der Waals surface area contributed by atoms with Crippen LogP contribution in [0.1, 0.15) is 92.1 Å². The van der Waals surface area contributed by atoms with E-state index in [0.29, 0.717) is 18.4 Å². The van der Waals surface area contributed by atoms with E-state index in [4.69, 9.17) is 29.4 Å². The Labute approximate surface area is 230 Å². The molecule has 39 heavy (non-hydrogen) atoms. The molecule has 6 atom stereocenters. The van der Waals surface area contributed by atoms with Gasteiger partial charge in [-0.3, -0.25) is 9.59 Å². The van der Waals surface area contributed by atoms with E-state index in [1.54, 1.807) is 20.8 Å². The van der Waals surface area contributed by atoms with E-state index in [9.17, 15) is 24.3 Å². The van der Waals surface area contributed by atoms with Crippen LogP contribution in [0.15, 0.2) is 18.2 Å². The number of benzene rings is 1. The molecule has 1 aromatic rings. The van der Waals surface area contributed by atoms with E-state index in [1.165, 1.54) is 18.2 Å². The third kappa shape index (κ3) is 11.9. The van der Waals surface area contributed by atoms with Crippen molar-refractivity contribution in [1.29, 1.82) is 0 Å². The number of carbonyl (C=O) groups is 4. The molecular formula is C28H43NO10. The molecule has 5 unspecified atom stereocenters. The SMILES string of the molecule is CCC(C)CC(=O)OC(C)CC(c1ccc(OC(=O)OC(C)CC)c(OC(=O)OC(C)CC)c1)[C@H](N)C(=O)O. The molecule has 0 saturated heterocycles. The maximum Gasteiger partial charge on any atom is 0.514 e. The molecule has 0 aliphatic heterocycles. The molecule has 0 aliphatic rings. The zero-order valence-corrected chi connectivity index (χ0v) is 23.9. The van der Waals surface area contributed by atoms with Crippen LogP contribution >= 0.6 is 0 Å². The topological polar surface area (TPSA) is 161 Å². The third-order valence-electron chi connectivity index (χ3n) is 6.38. The van der Waals surface area contributed by atoms with Crippen molar-refractivity contribution in [2.75, 3.05) is 0 Å². The smallest absolute Gasteiger partial charge is 0.480 e. The molecule has 1 rings (SSSR count). The van der Waals surface area contributed by atoms with Crippen molar-refractivity contribution < 1.29 is 48.0 Å². The maximum atomic E-state index is 12.4. The van der Waals surface area contributed by atoms with Gasteiger partial charge in [0.2, 0.25) is 0 Å². The molecule has 0 heterocycles. The first-order chi connectivity index (χ1) is 18.3. The second kappa shape index (κ2) is 16.6. The summed E-state index contributed by atoms with van der Waals surface area (Å²) in [6.45, 7) is 12.6. The predicted molar refractivity (Wildman–Crippen MR) is 143 cm³/mol. The summed E-state index contributed by atoms with van der Waals surface area (Å²) >= 11 is 0. The number of carbonyl (C=O) groups excluding carboxylic acids is 3. The van der Waals surface area contributed by atoms with Crippen molar-refractivity contribution in [3.8, 4) is 11.5 Å². The molecule has 0 aromatic heterocycles. The Morgan fingerprint density at radius 2 is 1.33 bits per heavy atom. The number of ether oxygens (including phenoxy) is 5. The van der Waals surface area contributed by atoms with Crippen molar-refractivity contribution in [2.45, 2.75) is 111 Å². The molecule has 0 aliphatic carbocycles. The van der Waals surface area contributed by atoms with Crippen LogP contribution < -0.4 is 15.2 Å². The largest absolute Gasteiger partial charge is 0.514 e. The summed E-state index contributed by atoms with van der Waals surface area (Å²) in [7, 11) is 0. The fourth-order valence-corrected chi connectivity index (χ4v) is 3.41. The summed E-state index contributed by atoms with van der Waals surface area (Å²) in [6, 6.07) is 2.83. The Kier molecular flexibility index (Phi) is 14.3. The Morgan fingerprint density at radius 3 is 1.82 bits per heavy atom. The van der Waals surface area contributed by atoms with E-state index in [-0.39, 0.29) is 36.2 Å². The van der Waals surface area contributed by atoms with Crippen molar-refractivity contribution in [3.63, 3.8) is 0 Å². The van der Waals surface area contributed by atoms with Gasteiger partial charge in [-0.1, -0.05) is 40.2 Å². The first kappa shape index (κ1) is 33.7. The van der Waals surface area contributed by atoms with Gasteiger partial charge in [-0.15, -0.1) is 0 Å². The minimum Gasteiger partial charge on any atom is -0.480 e.